The number of rotatable bonds is 4. The first kappa shape index (κ1) is 17.7. The largest absolute Gasteiger partial charge is 0.390 e. The summed E-state index contributed by atoms with van der Waals surface area (Å²) in [6.07, 6.45) is -0.964. The van der Waals surface area contributed by atoms with Crippen molar-refractivity contribution in [2.75, 3.05) is 22.1 Å². The van der Waals surface area contributed by atoms with Crippen LogP contribution in [0.3, 0.4) is 0 Å². The van der Waals surface area contributed by atoms with Crippen LogP contribution in [-0.2, 0) is 9.84 Å². The molecule has 1 aliphatic heterocycles. The average Bonchev–Trinajstić information content (AvgIpc) is 2.79. The number of amides is 1. The van der Waals surface area contributed by atoms with Gasteiger partial charge in [0.2, 0.25) is 0 Å². The molecule has 2 aromatic carbocycles. The minimum absolute atomic E-state index is 0.132. The fourth-order valence-corrected chi connectivity index (χ4v) is 4.63. The molecule has 1 saturated heterocycles. The number of halogens is 1. The number of anilines is 2. The van der Waals surface area contributed by atoms with Gasteiger partial charge in [-0.15, -0.1) is 0 Å². The van der Waals surface area contributed by atoms with Crippen LogP contribution in [0.2, 0.25) is 5.02 Å². The van der Waals surface area contributed by atoms with Crippen LogP contribution < -0.4 is 10.6 Å². The molecule has 0 aromatic heterocycles. The second kappa shape index (κ2) is 7.03. The lowest BCUT2D eigenvalue weighted by atomic mass is 10.1. The van der Waals surface area contributed by atoms with E-state index in [1.165, 1.54) is 0 Å². The molecule has 0 bridgehead atoms. The maximum atomic E-state index is 12.4. The van der Waals surface area contributed by atoms with Crippen molar-refractivity contribution in [3.05, 3.63) is 59.1 Å². The van der Waals surface area contributed by atoms with E-state index in [1.54, 1.807) is 48.5 Å². The summed E-state index contributed by atoms with van der Waals surface area (Å²) in [7, 11) is -3.24. The molecule has 132 valence electrons. The Morgan fingerprint density at radius 2 is 1.80 bits per heavy atom. The first-order valence-corrected chi connectivity index (χ1v) is 9.84. The molecule has 0 saturated carbocycles. The molecule has 0 aliphatic carbocycles. The molecule has 2 atom stereocenters. The van der Waals surface area contributed by atoms with E-state index in [1.807, 2.05) is 0 Å². The third-order valence-corrected chi connectivity index (χ3v) is 5.83. The molecule has 1 amide bonds. The van der Waals surface area contributed by atoms with Crippen molar-refractivity contribution in [1.29, 1.82) is 0 Å². The Morgan fingerprint density at radius 3 is 2.48 bits per heavy atom. The molecule has 8 heteroatoms. The SMILES string of the molecule is O=C(Nc1cccc(Cl)c1)c1cccc(NC2CS(=O)(=O)CC2O)c1. The molecule has 0 radical (unpaired) electrons. The monoisotopic (exact) mass is 380 g/mol. The first-order valence-electron chi connectivity index (χ1n) is 7.64. The quantitative estimate of drug-likeness (QED) is 0.755. The zero-order valence-electron chi connectivity index (χ0n) is 13.1. The van der Waals surface area contributed by atoms with E-state index in [4.69, 9.17) is 11.6 Å². The van der Waals surface area contributed by atoms with Gasteiger partial charge in [0.1, 0.15) is 0 Å². The highest BCUT2D eigenvalue weighted by Gasteiger charge is 2.36. The summed E-state index contributed by atoms with van der Waals surface area (Å²) in [5, 5.41) is 16.1. The topological polar surface area (TPSA) is 95.5 Å². The number of carbonyl (C=O) groups excluding carboxylic acids is 1. The van der Waals surface area contributed by atoms with Gasteiger partial charge in [-0.25, -0.2) is 8.42 Å². The number of aliphatic hydroxyl groups excluding tert-OH is 1. The summed E-state index contributed by atoms with van der Waals surface area (Å²) >= 11 is 5.90. The van der Waals surface area contributed by atoms with Crippen LogP contribution in [0.4, 0.5) is 11.4 Å². The lowest BCUT2D eigenvalue weighted by molar-refractivity contribution is 0.102. The van der Waals surface area contributed by atoms with Crippen molar-refractivity contribution >= 4 is 38.7 Å². The van der Waals surface area contributed by atoms with Gasteiger partial charge in [0.15, 0.2) is 9.84 Å². The van der Waals surface area contributed by atoms with Crippen molar-refractivity contribution < 1.29 is 18.3 Å². The van der Waals surface area contributed by atoms with Gasteiger partial charge in [-0.3, -0.25) is 4.79 Å². The third-order valence-electron chi connectivity index (χ3n) is 3.88. The zero-order valence-corrected chi connectivity index (χ0v) is 14.7. The van der Waals surface area contributed by atoms with Crippen molar-refractivity contribution in [2.24, 2.45) is 0 Å². The Balaban J connectivity index is 1.72. The van der Waals surface area contributed by atoms with Crippen LogP contribution in [0.1, 0.15) is 10.4 Å². The normalized spacial score (nSPS) is 21.7. The van der Waals surface area contributed by atoms with E-state index in [0.717, 1.165) is 0 Å². The Bertz CT molecular complexity index is 901. The van der Waals surface area contributed by atoms with Crippen LogP contribution >= 0.6 is 11.6 Å². The molecule has 3 rings (SSSR count). The maximum Gasteiger partial charge on any atom is 0.255 e. The molecule has 2 aromatic rings. The molecular weight excluding hydrogens is 364 g/mol. The van der Waals surface area contributed by atoms with E-state index >= 15 is 0 Å². The summed E-state index contributed by atoms with van der Waals surface area (Å²) in [6, 6.07) is 12.9. The van der Waals surface area contributed by atoms with Crippen LogP contribution in [0.25, 0.3) is 0 Å². The van der Waals surface area contributed by atoms with Crippen LogP contribution in [0, 0.1) is 0 Å². The Labute approximate surface area is 150 Å². The third kappa shape index (κ3) is 4.50. The molecule has 1 fully saturated rings. The number of nitrogens with one attached hydrogen (secondary N) is 2. The fourth-order valence-electron chi connectivity index (χ4n) is 2.70. The number of sulfone groups is 1. The molecule has 0 spiro atoms. The molecule has 1 aliphatic rings. The number of carbonyl (C=O) groups is 1. The number of benzene rings is 2. The molecule has 2 unspecified atom stereocenters. The summed E-state index contributed by atoms with van der Waals surface area (Å²) in [6.45, 7) is 0. The van der Waals surface area contributed by atoms with Crippen molar-refractivity contribution in [2.45, 2.75) is 12.1 Å². The smallest absolute Gasteiger partial charge is 0.255 e. The lowest BCUT2D eigenvalue weighted by Gasteiger charge is -2.17. The van der Waals surface area contributed by atoms with Crippen LogP contribution in [0.15, 0.2) is 48.5 Å². The zero-order chi connectivity index (χ0) is 18.0. The summed E-state index contributed by atoms with van der Waals surface area (Å²) in [5.74, 6) is -0.697. The van der Waals surface area contributed by atoms with Crippen LogP contribution in [0.5, 0.6) is 0 Å². The van der Waals surface area contributed by atoms with Crippen LogP contribution in [-0.4, -0.2) is 43.1 Å². The van der Waals surface area contributed by atoms with E-state index in [0.29, 0.717) is 22.0 Å². The average molecular weight is 381 g/mol. The summed E-state index contributed by atoms with van der Waals surface area (Å²) < 4.78 is 23.1. The Hall–Kier alpha value is -2.09. The van der Waals surface area contributed by atoms with E-state index in [9.17, 15) is 18.3 Å². The molecule has 1 heterocycles. The maximum absolute atomic E-state index is 12.4. The van der Waals surface area contributed by atoms with Gasteiger partial charge in [0.25, 0.3) is 5.91 Å². The highest BCUT2D eigenvalue weighted by Crippen LogP contribution is 2.20. The van der Waals surface area contributed by atoms with Gasteiger partial charge in [-0.05, 0) is 36.4 Å². The van der Waals surface area contributed by atoms with Gasteiger partial charge in [-0.2, -0.15) is 0 Å². The highest BCUT2D eigenvalue weighted by molar-refractivity contribution is 7.91. The lowest BCUT2D eigenvalue weighted by Crippen LogP contribution is -2.31. The van der Waals surface area contributed by atoms with Gasteiger partial charge >= 0.3 is 0 Å². The highest BCUT2D eigenvalue weighted by atomic mass is 35.5. The van der Waals surface area contributed by atoms with Gasteiger partial charge in [0.05, 0.1) is 23.7 Å². The van der Waals surface area contributed by atoms with Crippen molar-refractivity contribution in [1.82, 2.24) is 0 Å². The number of aliphatic hydroxyl groups is 1. The molecule has 6 nitrogen and oxygen atoms in total. The van der Waals surface area contributed by atoms with Gasteiger partial charge in [-0.1, -0.05) is 23.7 Å². The van der Waals surface area contributed by atoms with E-state index in [2.05, 4.69) is 10.6 Å². The fraction of sp³-hybridized carbons (Fsp3) is 0.235. The Kier molecular flexibility index (Phi) is 4.99. The predicted molar refractivity (Wildman–Crippen MR) is 97.9 cm³/mol. The molecule has 3 N–H and O–H groups in total. The minimum atomic E-state index is -3.24. The van der Waals surface area contributed by atoms with Crippen molar-refractivity contribution in [3.8, 4) is 0 Å². The summed E-state index contributed by atoms with van der Waals surface area (Å²) in [4.78, 5) is 12.4. The Morgan fingerprint density at radius 1 is 1.08 bits per heavy atom. The van der Waals surface area contributed by atoms with E-state index < -0.39 is 22.0 Å². The second-order valence-corrected chi connectivity index (χ2v) is 8.53. The number of hydrogen-bond acceptors (Lipinski definition) is 5. The predicted octanol–water partition coefficient (Wildman–Crippen LogP) is 2.16. The van der Waals surface area contributed by atoms with Gasteiger partial charge < -0.3 is 15.7 Å². The summed E-state index contributed by atoms with van der Waals surface area (Å²) in [5.41, 5.74) is 1.55. The standard InChI is InChI=1S/C17H17ClN2O4S/c18-12-4-2-6-14(8-12)20-17(22)11-3-1-5-13(7-11)19-15-9-25(23,24)10-16(15)21/h1-8,15-16,19,21H,9-10H2,(H,20,22). The van der Waals surface area contributed by atoms with Gasteiger partial charge in [0, 0.05) is 22.0 Å². The first-order chi connectivity index (χ1) is 11.8. The number of hydrogen-bond donors (Lipinski definition) is 3. The minimum Gasteiger partial charge on any atom is -0.390 e. The second-order valence-electron chi connectivity index (χ2n) is 5.94. The van der Waals surface area contributed by atoms with Crippen molar-refractivity contribution in [3.63, 3.8) is 0 Å². The molecule has 25 heavy (non-hydrogen) atoms. The van der Waals surface area contributed by atoms with E-state index in [-0.39, 0.29) is 17.4 Å². The molecular formula is C17H17ClN2O4S.